The van der Waals surface area contributed by atoms with E-state index in [1.165, 1.54) is 0 Å². The highest BCUT2D eigenvalue weighted by atomic mass is 31.2. The number of hydrogen-bond acceptors (Lipinski definition) is 1. The van der Waals surface area contributed by atoms with E-state index in [9.17, 15) is 9.46 Å². The van der Waals surface area contributed by atoms with Crippen LogP contribution in [0.15, 0.2) is 78.9 Å². The second-order valence-electron chi connectivity index (χ2n) is 5.24. The van der Waals surface area contributed by atoms with Gasteiger partial charge >= 0.3 is 0 Å². The van der Waals surface area contributed by atoms with Crippen LogP contribution >= 0.6 is 7.37 Å². The summed E-state index contributed by atoms with van der Waals surface area (Å²) in [5, 5.41) is 0.937. The first kappa shape index (κ1) is 14.8. The maximum atomic E-state index is 13.1. The minimum atomic E-state index is -3.62. The average Bonchev–Trinajstić information content (AvgIpc) is 2.56. The third-order valence-corrected chi connectivity index (χ3v) is 5.81. The van der Waals surface area contributed by atoms with E-state index in [1.54, 1.807) is 30.3 Å². The predicted octanol–water partition coefficient (Wildman–Crippen LogP) is 3.88. The molecule has 0 heterocycles. The van der Waals surface area contributed by atoms with E-state index in [0.29, 0.717) is 10.6 Å². The van der Waals surface area contributed by atoms with E-state index < -0.39 is 7.37 Å². The molecule has 1 unspecified atom stereocenters. The zero-order valence-electron chi connectivity index (χ0n) is 12.3. The highest BCUT2D eigenvalue weighted by molar-refractivity contribution is 7.73. The van der Waals surface area contributed by atoms with Gasteiger partial charge in [-0.15, -0.1) is 0 Å². The van der Waals surface area contributed by atoms with Crippen molar-refractivity contribution in [3.63, 3.8) is 0 Å². The summed E-state index contributed by atoms with van der Waals surface area (Å²) >= 11 is 0. The molecule has 0 aromatic heterocycles. The van der Waals surface area contributed by atoms with E-state index in [1.807, 2.05) is 55.5 Å². The molecular formula is C19H17O2P. The Labute approximate surface area is 130 Å². The maximum absolute atomic E-state index is 13.1. The molecular weight excluding hydrogens is 291 g/mol. The standard InChI is InChI=1S/C19H17O2P/c1-15-9-5-6-12-17(15)18-13-7-8-14-19(18)22(20,21)16-10-3-2-4-11-16/h2-14H,1H3,(H,20,21). The van der Waals surface area contributed by atoms with E-state index in [0.717, 1.165) is 16.7 Å². The summed E-state index contributed by atoms with van der Waals surface area (Å²) < 4.78 is 13.1. The normalized spacial score (nSPS) is 13.5. The fraction of sp³-hybridized carbons (Fsp3) is 0.0526. The van der Waals surface area contributed by atoms with Gasteiger partial charge < -0.3 is 4.89 Å². The summed E-state index contributed by atoms with van der Waals surface area (Å²) in [6.07, 6.45) is 0. The van der Waals surface area contributed by atoms with Crippen molar-refractivity contribution in [3.05, 3.63) is 84.4 Å². The first-order valence-electron chi connectivity index (χ1n) is 7.15. The smallest absolute Gasteiger partial charge is 0.259 e. The molecule has 3 aromatic rings. The number of rotatable bonds is 3. The minimum Gasteiger partial charge on any atom is -0.338 e. The third-order valence-electron chi connectivity index (χ3n) is 3.77. The summed E-state index contributed by atoms with van der Waals surface area (Å²) in [7, 11) is -3.62. The van der Waals surface area contributed by atoms with Gasteiger partial charge in [-0.05, 0) is 41.8 Å². The predicted molar refractivity (Wildman–Crippen MR) is 92.2 cm³/mol. The summed E-state index contributed by atoms with van der Waals surface area (Å²) in [4.78, 5) is 10.7. The van der Waals surface area contributed by atoms with Crippen molar-refractivity contribution < 1.29 is 9.46 Å². The van der Waals surface area contributed by atoms with Gasteiger partial charge in [0.1, 0.15) is 0 Å². The molecule has 110 valence electrons. The fourth-order valence-corrected chi connectivity index (χ4v) is 4.27. The molecule has 3 rings (SSSR count). The Bertz CT molecular complexity index is 841. The lowest BCUT2D eigenvalue weighted by Crippen LogP contribution is -2.17. The lowest BCUT2D eigenvalue weighted by atomic mass is 10.0. The number of benzene rings is 3. The van der Waals surface area contributed by atoms with Gasteiger partial charge in [0.05, 0.1) is 0 Å². The highest BCUT2D eigenvalue weighted by Crippen LogP contribution is 2.41. The number of aryl methyl sites for hydroxylation is 1. The van der Waals surface area contributed by atoms with E-state index >= 15 is 0 Å². The van der Waals surface area contributed by atoms with Gasteiger partial charge in [0.15, 0.2) is 0 Å². The van der Waals surface area contributed by atoms with Gasteiger partial charge in [0.25, 0.3) is 7.37 Å². The molecule has 0 aliphatic rings. The van der Waals surface area contributed by atoms with Gasteiger partial charge in [-0.3, -0.25) is 4.57 Å². The summed E-state index contributed by atoms with van der Waals surface area (Å²) in [6.45, 7) is 2.01. The quantitative estimate of drug-likeness (QED) is 0.746. The monoisotopic (exact) mass is 308 g/mol. The molecule has 0 saturated carbocycles. The molecule has 0 fully saturated rings. The minimum absolute atomic E-state index is 0.455. The number of hydrogen-bond donors (Lipinski definition) is 1. The Morgan fingerprint density at radius 1 is 0.727 bits per heavy atom. The molecule has 0 aliphatic carbocycles. The van der Waals surface area contributed by atoms with Crippen LogP contribution in [0.1, 0.15) is 5.56 Å². The summed E-state index contributed by atoms with van der Waals surface area (Å²) in [6, 6.07) is 24.1. The Balaban J connectivity index is 2.22. The van der Waals surface area contributed by atoms with Crippen LogP contribution < -0.4 is 10.6 Å². The molecule has 0 spiro atoms. The highest BCUT2D eigenvalue weighted by Gasteiger charge is 2.27. The Morgan fingerprint density at radius 2 is 1.27 bits per heavy atom. The lowest BCUT2D eigenvalue weighted by Gasteiger charge is -2.17. The van der Waals surface area contributed by atoms with Crippen LogP contribution in [0.3, 0.4) is 0 Å². The molecule has 0 amide bonds. The van der Waals surface area contributed by atoms with Crippen molar-refractivity contribution >= 4 is 18.0 Å². The third kappa shape index (κ3) is 2.64. The van der Waals surface area contributed by atoms with Crippen molar-refractivity contribution in [2.24, 2.45) is 0 Å². The van der Waals surface area contributed by atoms with Crippen molar-refractivity contribution in [3.8, 4) is 11.1 Å². The Morgan fingerprint density at radius 3 is 1.95 bits per heavy atom. The molecule has 0 aliphatic heterocycles. The van der Waals surface area contributed by atoms with Crippen LogP contribution in [0.5, 0.6) is 0 Å². The van der Waals surface area contributed by atoms with Crippen molar-refractivity contribution in [1.29, 1.82) is 0 Å². The maximum Gasteiger partial charge on any atom is 0.259 e. The van der Waals surface area contributed by atoms with Gasteiger partial charge in [-0.25, -0.2) is 0 Å². The molecule has 1 atom stereocenters. The van der Waals surface area contributed by atoms with Crippen LogP contribution in [-0.4, -0.2) is 4.89 Å². The first-order chi connectivity index (χ1) is 10.6. The van der Waals surface area contributed by atoms with Gasteiger partial charge in [-0.2, -0.15) is 0 Å². The van der Waals surface area contributed by atoms with Crippen LogP contribution in [0.25, 0.3) is 11.1 Å². The molecule has 1 N–H and O–H groups in total. The van der Waals surface area contributed by atoms with Crippen LogP contribution in [-0.2, 0) is 4.57 Å². The SMILES string of the molecule is Cc1ccccc1-c1ccccc1P(=O)(O)c1ccccc1. The van der Waals surface area contributed by atoms with E-state index in [4.69, 9.17) is 0 Å². The van der Waals surface area contributed by atoms with Crippen LogP contribution in [0.2, 0.25) is 0 Å². The average molecular weight is 308 g/mol. The summed E-state index contributed by atoms with van der Waals surface area (Å²) in [5.74, 6) is 0. The lowest BCUT2D eigenvalue weighted by molar-refractivity contribution is 0.501. The Kier molecular flexibility index (Phi) is 3.98. The Hall–Kier alpha value is -2.15. The molecule has 0 radical (unpaired) electrons. The summed E-state index contributed by atoms with van der Waals surface area (Å²) in [5.41, 5.74) is 2.89. The van der Waals surface area contributed by atoms with E-state index in [-0.39, 0.29) is 0 Å². The van der Waals surface area contributed by atoms with E-state index in [2.05, 4.69) is 0 Å². The van der Waals surface area contributed by atoms with Gasteiger partial charge in [0, 0.05) is 10.6 Å². The topological polar surface area (TPSA) is 37.3 Å². The zero-order chi connectivity index (χ0) is 15.6. The molecule has 3 heteroatoms. The fourth-order valence-electron chi connectivity index (χ4n) is 2.61. The molecule has 2 nitrogen and oxygen atoms in total. The largest absolute Gasteiger partial charge is 0.338 e. The molecule has 0 saturated heterocycles. The van der Waals surface area contributed by atoms with Crippen molar-refractivity contribution in [2.45, 2.75) is 6.92 Å². The van der Waals surface area contributed by atoms with Crippen LogP contribution in [0.4, 0.5) is 0 Å². The van der Waals surface area contributed by atoms with Crippen molar-refractivity contribution in [2.75, 3.05) is 0 Å². The second-order valence-corrected chi connectivity index (χ2v) is 7.39. The van der Waals surface area contributed by atoms with Gasteiger partial charge in [-0.1, -0.05) is 60.7 Å². The van der Waals surface area contributed by atoms with Gasteiger partial charge in [0.2, 0.25) is 0 Å². The second kappa shape index (κ2) is 5.92. The van der Waals surface area contributed by atoms with Crippen molar-refractivity contribution in [1.82, 2.24) is 0 Å². The first-order valence-corrected chi connectivity index (χ1v) is 8.80. The molecule has 22 heavy (non-hydrogen) atoms. The molecule has 0 bridgehead atoms. The molecule has 3 aromatic carbocycles. The zero-order valence-corrected chi connectivity index (χ0v) is 13.2. The van der Waals surface area contributed by atoms with Crippen LogP contribution in [0, 0.1) is 6.92 Å².